The lowest BCUT2D eigenvalue weighted by atomic mass is 9.98. The Labute approximate surface area is 302 Å². The van der Waals surface area contributed by atoms with E-state index in [1.54, 1.807) is 13.1 Å². The van der Waals surface area contributed by atoms with Gasteiger partial charge in [-0.1, -0.05) is 6.42 Å². The first-order valence-corrected chi connectivity index (χ1v) is 14.9. The van der Waals surface area contributed by atoms with Gasteiger partial charge in [-0.25, -0.2) is 34.9 Å². The number of anilines is 3. The first-order valence-electron chi connectivity index (χ1n) is 14.0. The highest BCUT2D eigenvalue weighted by atomic mass is 35.5. The Kier molecular flexibility index (Phi) is 20.0. The van der Waals surface area contributed by atoms with E-state index in [0.717, 1.165) is 25.7 Å². The molecule has 4 aromatic rings. The Morgan fingerprint density at radius 3 is 1.62 bits per heavy atom. The van der Waals surface area contributed by atoms with E-state index >= 15 is 0 Å². The molecular weight excluding hydrogens is 774 g/mol. The summed E-state index contributed by atoms with van der Waals surface area (Å²) in [6, 6.07) is 3.56. The fourth-order valence-corrected chi connectivity index (χ4v) is 3.76. The first-order chi connectivity index (χ1) is 23.9. The van der Waals surface area contributed by atoms with Crippen molar-refractivity contribution in [2.75, 3.05) is 18.1 Å². The molecule has 1 saturated carbocycles. The Morgan fingerprint density at radius 2 is 1.21 bits per heavy atom. The third-order valence-corrected chi connectivity index (χ3v) is 6.18. The molecule has 0 radical (unpaired) electrons. The van der Waals surface area contributed by atoms with Gasteiger partial charge >= 0.3 is 18.5 Å². The van der Waals surface area contributed by atoms with Crippen molar-refractivity contribution < 1.29 is 49.7 Å². The zero-order valence-corrected chi connectivity index (χ0v) is 29.0. The molecule has 53 heavy (non-hydrogen) atoms. The molecule has 0 amide bonds. The van der Waals surface area contributed by atoms with Gasteiger partial charge in [-0.2, -0.15) is 44.8 Å². The van der Waals surface area contributed by atoms with E-state index in [4.69, 9.17) is 22.1 Å². The van der Waals surface area contributed by atoms with E-state index in [1.807, 2.05) is 6.07 Å². The number of pyridine rings is 1. The maximum absolute atomic E-state index is 12.5. The van der Waals surface area contributed by atoms with E-state index in [2.05, 4.69) is 54.0 Å². The van der Waals surface area contributed by atoms with Crippen molar-refractivity contribution in [1.29, 1.82) is 5.26 Å². The summed E-state index contributed by atoms with van der Waals surface area (Å²) in [5, 5.41) is 11.8. The standard InChI is InChI=1S/C17H16F3N5O.C5H2ClF3N2.C5H4F3N3.CH4NP.H3N.H2O/c18-17(19,20)11-8-23-16(24-9-11)25-12-6-15(14(7-21)22-10-12)26-13-4-2-1-3-5-13;6-4-10-1-3(2-11-4)5(7,8)9;6-5(7,8)3-1-10-4(9)11-2-3;1-2-3;;/h6,8-10,13H,1-5H2,(H,23,24,25);1-2H;1-2H,(H2,9,10,11);3H,1H3;1H3;1H2. The van der Waals surface area contributed by atoms with Gasteiger partial charge < -0.3 is 27.4 Å². The van der Waals surface area contributed by atoms with Crippen LogP contribution in [0.3, 0.4) is 0 Å². The third kappa shape index (κ3) is 17.4. The fraction of sp³-hybridized carbons (Fsp3) is 0.357. The number of aromatic nitrogens is 7. The molecular formula is C28H31ClF9N12O2P. The topological polar surface area (TPSA) is 240 Å². The van der Waals surface area contributed by atoms with Gasteiger partial charge in [0.15, 0.2) is 11.4 Å². The summed E-state index contributed by atoms with van der Waals surface area (Å²) >= 11 is 5.17. The largest absolute Gasteiger partial charge is 0.487 e. The van der Waals surface area contributed by atoms with Gasteiger partial charge in [0.1, 0.15) is 6.07 Å². The molecule has 5 rings (SSSR count). The Bertz CT molecular complexity index is 1650. The number of ether oxygens (including phenoxy) is 1. The number of nitrogen functional groups attached to an aromatic ring is 1. The molecule has 4 aromatic heterocycles. The van der Waals surface area contributed by atoms with Crippen molar-refractivity contribution in [3.63, 3.8) is 0 Å². The summed E-state index contributed by atoms with van der Waals surface area (Å²) in [7, 11) is 4.47. The highest BCUT2D eigenvalue weighted by Gasteiger charge is 2.32. The number of rotatable bonds is 4. The Morgan fingerprint density at radius 1 is 0.792 bits per heavy atom. The van der Waals surface area contributed by atoms with Gasteiger partial charge in [0.05, 0.1) is 34.7 Å². The van der Waals surface area contributed by atoms with Gasteiger partial charge in [0, 0.05) is 50.3 Å². The second kappa shape index (κ2) is 22.1. The normalized spacial score (nSPS) is 12.6. The van der Waals surface area contributed by atoms with Gasteiger partial charge in [0.25, 0.3) is 0 Å². The first kappa shape index (κ1) is 48.0. The molecule has 0 aromatic carbocycles. The van der Waals surface area contributed by atoms with Crippen LogP contribution in [0.5, 0.6) is 5.75 Å². The van der Waals surface area contributed by atoms with Gasteiger partial charge in [-0.3, -0.25) is 4.74 Å². The number of nitriles is 1. The summed E-state index contributed by atoms with van der Waals surface area (Å²) in [6.07, 6.45) is -2.73. The average Bonchev–Trinajstić information content (AvgIpc) is 3.06. The molecule has 1 fully saturated rings. The van der Waals surface area contributed by atoms with E-state index in [-0.39, 0.29) is 40.6 Å². The van der Waals surface area contributed by atoms with Gasteiger partial charge in [-0.15, -0.1) is 0 Å². The number of hydrogen-bond donors (Lipinski definition) is 3. The lowest BCUT2D eigenvalue weighted by Gasteiger charge is -2.23. The minimum absolute atomic E-state index is 0. The maximum Gasteiger partial charge on any atom is 0.419 e. The van der Waals surface area contributed by atoms with E-state index in [1.165, 1.54) is 12.6 Å². The smallest absolute Gasteiger partial charge is 0.419 e. The van der Waals surface area contributed by atoms with Gasteiger partial charge in [0.2, 0.25) is 17.2 Å². The molecule has 0 atom stereocenters. The number of nitrogens with two attached hydrogens (primary N) is 1. The molecule has 8 N–H and O–H groups in total. The van der Waals surface area contributed by atoms with E-state index < -0.39 is 35.2 Å². The predicted molar refractivity (Wildman–Crippen MR) is 176 cm³/mol. The van der Waals surface area contributed by atoms with Crippen molar-refractivity contribution in [3.05, 3.63) is 77.1 Å². The third-order valence-electron chi connectivity index (χ3n) is 5.99. The van der Waals surface area contributed by atoms with Crippen LogP contribution in [-0.2, 0) is 18.5 Å². The quantitative estimate of drug-likeness (QED) is 0.102. The highest BCUT2D eigenvalue weighted by Crippen LogP contribution is 2.31. The molecule has 0 spiro atoms. The molecule has 0 unspecified atom stereocenters. The van der Waals surface area contributed by atoms with Crippen molar-refractivity contribution in [1.82, 2.24) is 41.0 Å². The second-order valence-corrected chi connectivity index (χ2v) is 10.6. The van der Waals surface area contributed by atoms with Gasteiger partial charge in [-0.05, 0) is 46.3 Å². The number of hydrogen-bond acceptors (Lipinski definition) is 13. The molecule has 1 aliphatic carbocycles. The van der Waals surface area contributed by atoms with Crippen molar-refractivity contribution in [2.24, 2.45) is 4.74 Å². The van der Waals surface area contributed by atoms with Crippen LogP contribution in [0.2, 0.25) is 5.28 Å². The second-order valence-electron chi connectivity index (χ2n) is 9.77. The van der Waals surface area contributed by atoms with Crippen LogP contribution in [0.4, 0.5) is 57.1 Å². The van der Waals surface area contributed by atoms with Crippen LogP contribution in [0.25, 0.3) is 0 Å². The average molecular weight is 805 g/mol. The molecule has 14 nitrogen and oxygen atoms in total. The van der Waals surface area contributed by atoms with Crippen molar-refractivity contribution in [2.45, 2.75) is 56.7 Å². The van der Waals surface area contributed by atoms with Crippen LogP contribution in [0.1, 0.15) is 54.5 Å². The molecule has 1 aliphatic rings. The SMILES string of the molecule is CN=P.FC(F)(F)c1cnc(Cl)nc1.N.N#Cc1ncc(Nc2ncc(C(F)(F)F)cn2)cc1OC1CCCCC1.Nc1ncc(C(F)(F)F)cn1.O. The van der Waals surface area contributed by atoms with Crippen molar-refractivity contribution >= 4 is 38.2 Å². The molecule has 0 bridgehead atoms. The van der Waals surface area contributed by atoms with E-state index in [9.17, 15) is 44.8 Å². The van der Waals surface area contributed by atoms with Crippen LogP contribution < -0.4 is 21.9 Å². The number of nitrogens with one attached hydrogen (secondary N) is 1. The fourth-order valence-electron chi connectivity index (χ4n) is 3.66. The minimum Gasteiger partial charge on any atom is -0.487 e. The highest BCUT2D eigenvalue weighted by molar-refractivity contribution is 7.03. The predicted octanol–water partition coefficient (Wildman–Crippen LogP) is 7.72. The summed E-state index contributed by atoms with van der Waals surface area (Å²) < 4.78 is 118. The Balaban J connectivity index is 0.000000832. The summed E-state index contributed by atoms with van der Waals surface area (Å²) in [5.74, 6) is 0.169. The lowest BCUT2D eigenvalue weighted by molar-refractivity contribution is -0.138. The monoisotopic (exact) mass is 804 g/mol. The molecule has 290 valence electrons. The van der Waals surface area contributed by atoms with Crippen LogP contribution in [-0.4, -0.2) is 53.5 Å². The maximum atomic E-state index is 12.5. The van der Waals surface area contributed by atoms with Crippen LogP contribution >= 0.6 is 20.6 Å². The number of alkyl halides is 9. The summed E-state index contributed by atoms with van der Waals surface area (Å²) in [6.45, 7) is 0. The zero-order valence-electron chi connectivity index (χ0n) is 27.2. The number of halogens is 10. The summed E-state index contributed by atoms with van der Waals surface area (Å²) in [5.41, 5.74) is 2.84. The van der Waals surface area contributed by atoms with E-state index in [0.29, 0.717) is 48.6 Å². The van der Waals surface area contributed by atoms with Crippen molar-refractivity contribution in [3.8, 4) is 11.8 Å². The zero-order chi connectivity index (χ0) is 38.2. The minimum atomic E-state index is -4.49. The lowest BCUT2D eigenvalue weighted by Crippen LogP contribution is -2.20. The molecule has 4 heterocycles. The molecule has 25 heteroatoms. The Hall–Kier alpha value is -5.04. The van der Waals surface area contributed by atoms with Crippen LogP contribution in [0, 0.1) is 11.3 Å². The summed E-state index contributed by atoms with van der Waals surface area (Å²) in [4.78, 5) is 24.1. The molecule has 0 aliphatic heterocycles. The van der Waals surface area contributed by atoms with Crippen LogP contribution in [0.15, 0.2) is 54.2 Å². The number of nitrogens with zero attached hydrogens (tertiary/aromatic N) is 9. The molecule has 0 saturated heterocycles.